The molecule has 0 bridgehead atoms. The molecule has 0 atom stereocenters. The lowest BCUT2D eigenvalue weighted by Crippen LogP contribution is -2.31. The number of carbonyl (C=O) groups is 2. The minimum atomic E-state index is -0.911. The summed E-state index contributed by atoms with van der Waals surface area (Å²) in [6, 6.07) is 11.0. The number of rotatable bonds is 8. The Balaban J connectivity index is 2.00. The average molecular weight is 402 g/mol. The summed E-state index contributed by atoms with van der Waals surface area (Å²) in [6.07, 6.45) is 1.84. The van der Waals surface area contributed by atoms with Gasteiger partial charge in [0.15, 0.2) is 0 Å². The highest BCUT2D eigenvalue weighted by Crippen LogP contribution is 2.34. The zero-order valence-corrected chi connectivity index (χ0v) is 16.8. The Hall–Kier alpha value is -2.53. The van der Waals surface area contributed by atoms with E-state index >= 15 is 0 Å². The molecular weight excluding hydrogens is 378 g/mol. The van der Waals surface area contributed by atoms with E-state index in [4.69, 9.17) is 21.4 Å². The van der Waals surface area contributed by atoms with E-state index in [2.05, 4.69) is 0 Å². The van der Waals surface area contributed by atoms with Gasteiger partial charge in [-0.25, -0.2) is 0 Å². The number of carbonyl (C=O) groups excluding carboxylic acids is 1. The van der Waals surface area contributed by atoms with Crippen molar-refractivity contribution in [3.8, 4) is 16.9 Å². The molecule has 148 valence electrons. The van der Waals surface area contributed by atoms with Crippen LogP contribution in [0.2, 0.25) is 5.02 Å². The van der Waals surface area contributed by atoms with Crippen LogP contribution < -0.4 is 4.74 Å². The second kappa shape index (κ2) is 8.65. The maximum absolute atomic E-state index is 12.6. The van der Waals surface area contributed by atoms with E-state index in [9.17, 15) is 9.59 Å². The minimum absolute atomic E-state index is 0.103. The second-order valence-electron chi connectivity index (χ2n) is 7.07. The Morgan fingerprint density at radius 3 is 2.57 bits per heavy atom. The van der Waals surface area contributed by atoms with Crippen LogP contribution in [0.5, 0.6) is 5.75 Å². The van der Waals surface area contributed by atoms with E-state index in [1.807, 2.05) is 42.2 Å². The molecule has 28 heavy (non-hydrogen) atoms. The van der Waals surface area contributed by atoms with Crippen LogP contribution in [0.3, 0.4) is 0 Å². The van der Waals surface area contributed by atoms with Crippen LogP contribution in [0.4, 0.5) is 0 Å². The van der Waals surface area contributed by atoms with Gasteiger partial charge in [-0.2, -0.15) is 0 Å². The van der Waals surface area contributed by atoms with Gasteiger partial charge in [0.25, 0.3) is 0 Å². The fourth-order valence-electron chi connectivity index (χ4n) is 3.31. The monoisotopic (exact) mass is 401 g/mol. The zero-order valence-electron chi connectivity index (χ0n) is 16.1. The van der Waals surface area contributed by atoms with Gasteiger partial charge in [-0.05, 0) is 66.3 Å². The van der Waals surface area contributed by atoms with E-state index in [-0.39, 0.29) is 18.2 Å². The van der Waals surface area contributed by atoms with Crippen molar-refractivity contribution in [1.29, 1.82) is 0 Å². The third-order valence-corrected chi connectivity index (χ3v) is 5.14. The van der Waals surface area contributed by atoms with Gasteiger partial charge >= 0.3 is 5.97 Å². The SMILES string of the molecule is CCN(Cc1ccc(OC)cc1-c1cc(Cl)cc(CC(=O)O)c1)C(=O)C1CC1. The number of carboxylic acid groups (broad SMARTS) is 1. The highest BCUT2D eigenvalue weighted by atomic mass is 35.5. The quantitative estimate of drug-likeness (QED) is 0.711. The first kappa shape index (κ1) is 20.2. The van der Waals surface area contributed by atoms with Crippen LogP contribution >= 0.6 is 11.6 Å². The molecule has 2 aromatic carbocycles. The van der Waals surface area contributed by atoms with Crippen LogP contribution in [0.1, 0.15) is 30.9 Å². The lowest BCUT2D eigenvalue weighted by molar-refractivity contribution is -0.136. The van der Waals surface area contributed by atoms with Crippen molar-refractivity contribution in [3.05, 3.63) is 52.5 Å². The van der Waals surface area contributed by atoms with Crippen LogP contribution in [0.25, 0.3) is 11.1 Å². The van der Waals surface area contributed by atoms with Crippen molar-refractivity contribution in [3.63, 3.8) is 0 Å². The number of methoxy groups -OCH3 is 1. The van der Waals surface area contributed by atoms with E-state index in [0.29, 0.717) is 29.4 Å². The summed E-state index contributed by atoms with van der Waals surface area (Å²) in [5.41, 5.74) is 3.30. The van der Waals surface area contributed by atoms with E-state index in [1.54, 1.807) is 13.2 Å². The first-order valence-electron chi connectivity index (χ1n) is 9.38. The third kappa shape index (κ3) is 4.84. The number of benzene rings is 2. The molecule has 5 nitrogen and oxygen atoms in total. The Morgan fingerprint density at radius 2 is 1.96 bits per heavy atom. The second-order valence-corrected chi connectivity index (χ2v) is 7.50. The molecule has 0 heterocycles. The molecule has 0 radical (unpaired) electrons. The van der Waals surface area contributed by atoms with Crippen LogP contribution in [0.15, 0.2) is 36.4 Å². The maximum atomic E-state index is 12.6. The predicted molar refractivity (Wildman–Crippen MR) is 109 cm³/mol. The molecule has 1 amide bonds. The van der Waals surface area contributed by atoms with Gasteiger partial charge in [0.05, 0.1) is 13.5 Å². The summed E-state index contributed by atoms with van der Waals surface area (Å²) in [5, 5.41) is 9.59. The van der Waals surface area contributed by atoms with Gasteiger partial charge in [-0.3, -0.25) is 9.59 Å². The van der Waals surface area contributed by atoms with Crippen molar-refractivity contribution < 1.29 is 19.4 Å². The largest absolute Gasteiger partial charge is 0.497 e. The number of hydrogen-bond donors (Lipinski definition) is 1. The first-order valence-corrected chi connectivity index (χ1v) is 9.76. The van der Waals surface area contributed by atoms with Gasteiger partial charge in [0, 0.05) is 24.0 Å². The van der Waals surface area contributed by atoms with Gasteiger partial charge in [-0.15, -0.1) is 0 Å². The standard InChI is InChI=1S/C22H24ClNO4/c1-3-24(22(27)15-4-5-15)13-16-6-7-19(28-2)12-20(16)17-8-14(10-21(25)26)9-18(23)11-17/h6-9,11-12,15H,3-5,10,13H2,1-2H3,(H,25,26). The molecule has 0 unspecified atom stereocenters. The van der Waals surface area contributed by atoms with Crippen LogP contribution in [0, 0.1) is 5.92 Å². The maximum Gasteiger partial charge on any atom is 0.307 e. The average Bonchev–Trinajstić information content (AvgIpc) is 3.49. The Kier molecular flexibility index (Phi) is 6.25. The number of carboxylic acids is 1. The van der Waals surface area contributed by atoms with E-state index < -0.39 is 5.97 Å². The summed E-state index contributed by atoms with van der Waals surface area (Å²) in [7, 11) is 1.60. The Morgan fingerprint density at radius 1 is 1.21 bits per heavy atom. The van der Waals surface area contributed by atoms with Crippen molar-refractivity contribution in [2.45, 2.75) is 32.7 Å². The molecule has 0 aromatic heterocycles. The molecule has 1 N–H and O–H groups in total. The summed E-state index contributed by atoms with van der Waals surface area (Å²) >= 11 is 6.25. The van der Waals surface area contributed by atoms with Crippen molar-refractivity contribution in [2.24, 2.45) is 5.92 Å². The first-order chi connectivity index (χ1) is 13.4. The highest BCUT2D eigenvalue weighted by Gasteiger charge is 2.33. The number of ether oxygens (including phenoxy) is 1. The van der Waals surface area contributed by atoms with Gasteiger partial charge in [0.2, 0.25) is 5.91 Å². The van der Waals surface area contributed by atoms with Crippen molar-refractivity contribution >= 4 is 23.5 Å². The summed E-state index contributed by atoms with van der Waals surface area (Å²) in [4.78, 5) is 25.5. The molecule has 0 spiro atoms. The molecular formula is C22H24ClNO4. The molecule has 6 heteroatoms. The molecule has 0 aliphatic heterocycles. The number of amides is 1. The molecule has 1 aliphatic rings. The summed E-state index contributed by atoms with van der Waals surface area (Å²) < 4.78 is 5.38. The lowest BCUT2D eigenvalue weighted by Gasteiger charge is -2.23. The lowest BCUT2D eigenvalue weighted by atomic mass is 9.96. The number of aliphatic carboxylic acids is 1. The number of halogens is 1. The van der Waals surface area contributed by atoms with Crippen molar-refractivity contribution in [2.75, 3.05) is 13.7 Å². The van der Waals surface area contributed by atoms with Gasteiger partial charge in [-0.1, -0.05) is 23.7 Å². The number of nitrogens with zero attached hydrogens (tertiary/aromatic N) is 1. The predicted octanol–water partition coefficient (Wildman–Crippen LogP) is 4.40. The Bertz CT molecular complexity index is 892. The third-order valence-electron chi connectivity index (χ3n) is 4.92. The fourth-order valence-corrected chi connectivity index (χ4v) is 3.57. The topological polar surface area (TPSA) is 66.8 Å². The zero-order chi connectivity index (χ0) is 20.3. The number of hydrogen-bond acceptors (Lipinski definition) is 3. The summed E-state index contributed by atoms with van der Waals surface area (Å²) in [5.74, 6) is 0.137. The summed E-state index contributed by atoms with van der Waals surface area (Å²) in [6.45, 7) is 3.11. The van der Waals surface area contributed by atoms with Gasteiger partial charge < -0.3 is 14.7 Å². The highest BCUT2D eigenvalue weighted by molar-refractivity contribution is 6.31. The van der Waals surface area contributed by atoms with Gasteiger partial charge in [0.1, 0.15) is 5.75 Å². The molecule has 1 aliphatic carbocycles. The van der Waals surface area contributed by atoms with Crippen LogP contribution in [-0.2, 0) is 22.6 Å². The molecule has 1 fully saturated rings. The minimum Gasteiger partial charge on any atom is -0.497 e. The molecule has 3 rings (SSSR count). The molecule has 0 saturated heterocycles. The van der Waals surface area contributed by atoms with E-state index in [1.165, 1.54) is 0 Å². The molecule has 1 saturated carbocycles. The Labute approximate surface area is 169 Å². The van der Waals surface area contributed by atoms with E-state index in [0.717, 1.165) is 29.5 Å². The van der Waals surface area contributed by atoms with Crippen LogP contribution in [-0.4, -0.2) is 35.5 Å². The molecule has 2 aromatic rings. The smallest absolute Gasteiger partial charge is 0.307 e. The van der Waals surface area contributed by atoms with Crippen molar-refractivity contribution in [1.82, 2.24) is 4.90 Å². The normalized spacial score (nSPS) is 13.2. The fraction of sp³-hybridized carbons (Fsp3) is 0.364.